The van der Waals surface area contributed by atoms with Crippen molar-refractivity contribution >= 4 is 18.3 Å². The lowest BCUT2D eigenvalue weighted by atomic mass is 9.52. The molecule has 34 heavy (non-hydrogen) atoms. The lowest BCUT2D eigenvalue weighted by molar-refractivity contribution is -0.149. The molecule has 1 saturated carbocycles. The molecule has 0 unspecified atom stereocenters. The highest BCUT2D eigenvalue weighted by molar-refractivity contribution is 5.85. The van der Waals surface area contributed by atoms with Gasteiger partial charge in [0.2, 0.25) is 5.91 Å². The maximum Gasteiger partial charge on any atom is 0.228 e. The fourth-order valence-electron chi connectivity index (χ4n) is 6.88. The molecular weight excluding hydrogens is 450 g/mol. The van der Waals surface area contributed by atoms with E-state index >= 15 is 0 Å². The second-order valence-corrected chi connectivity index (χ2v) is 10.6. The highest BCUT2D eigenvalue weighted by Crippen LogP contribution is 2.56. The van der Waals surface area contributed by atoms with Gasteiger partial charge in [-0.05, 0) is 86.4 Å². The summed E-state index contributed by atoms with van der Waals surface area (Å²) in [6.45, 7) is 3.23. The molecule has 2 bridgehead atoms. The number of likely N-dealkylation sites (tertiary alicyclic amines) is 2. The van der Waals surface area contributed by atoms with E-state index in [2.05, 4.69) is 16.0 Å². The molecule has 182 valence electrons. The van der Waals surface area contributed by atoms with Crippen LogP contribution in [0.4, 0.5) is 0 Å². The largest absolute Gasteiger partial charge is 0.508 e. The van der Waals surface area contributed by atoms with Crippen molar-refractivity contribution in [3.05, 3.63) is 59.4 Å². The second kappa shape index (κ2) is 8.81. The molecule has 0 spiro atoms. The minimum Gasteiger partial charge on any atom is -0.508 e. The number of halogens is 1. The summed E-state index contributed by atoms with van der Waals surface area (Å²) in [5.74, 6) is 1.11. The molecule has 2 N–H and O–H groups in total. The van der Waals surface area contributed by atoms with Crippen LogP contribution >= 0.6 is 12.4 Å². The zero-order chi connectivity index (χ0) is 22.6. The van der Waals surface area contributed by atoms with Crippen molar-refractivity contribution in [2.45, 2.75) is 62.0 Å². The zero-order valence-electron chi connectivity index (χ0n) is 19.5. The molecule has 3 fully saturated rings. The van der Waals surface area contributed by atoms with Crippen LogP contribution in [0.5, 0.6) is 5.75 Å². The maximum absolute atomic E-state index is 13.2. The summed E-state index contributed by atoms with van der Waals surface area (Å²) in [7, 11) is 0. The smallest absolute Gasteiger partial charge is 0.228 e. The van der Waals surface area contributed by atoms with Crippen LogP contribution in [-0.4, -0.2) is 68.7 Å². The summed E-state index contributed by atoms with van der Waals surface area (Å²) in [6, 6.07) is 11.4. The minimum absolute atomic E-state index is 0. The third-order valence-electron chi connectivity index (χ3n) is 8.84. The van der Waals surface area contributed by atoms with Crippen LogP contribution in [0.1, 0.15) is 48.9 Å². The number of amides is 1. The Labute approximate surface area is 207 Å². The Kier molecular flexibility index (Phi) is 6.11. The number of fused-ring (bicyclic) bond motifs is 1. The Balaban J connectivity index is 0.00000241. The number of carbonyl (C=O) groups is 1. The topological polar surface area (TPSA) is 76.9 Å². The summed E-state index contributed by atoms with van der Waals surface area (Å²) >= 11 is 0. The minimum atomic E-state index is -0.902. The van der Waals surface area contributed by atoms with E-state index in [1.807, 2.05) is 29.2 Å². The van der Waals surface area contributed by atoms with Crippen molar-refractivity contribution < 1.29 is 15.0 Å². The highest BCUT2D eigenvalue weighted by atomic mass is 35.5. The summed E-state index contributed by atoms with van der Waals surface area (Å²) in [4.78, 5) is 22.0. The third-order valence-corrected chi connectivity index (χ3v) is 8.84. The number of pyridine rings is 1. The molecule has 1 amide bonds. The van der Waals surface area contributed by atoms with Gasteiger partial charge in [0.15, 0.2) is 0 Å². The van der Waals surface area contributed by atoms with E-state index in [0.29, 0.717) is 25.9 Å². The van der Waals surface area contributed by atoms with Crippen LogP contribution in [0.25, 0.3) is 0 Å². The normalized spacial score (nSPS) is 30.5. The van der Waals surface area contributed by atoms with Gasteiger partial charge in [0.05, 0.1) is 12.0 Å². The summed E-state index contributed by atoms with van der Waals surface area (Å²) < 4.78 is 0. The standard InChI is InChI=1S/C27H33N3O3.ClH/c31-22-7-6-20-15-24-27(33)10-14-29(25(32)16-21-3-1-2-11-28-21)12-8-26(27,23(20)17-22)9-13-30(24)18-19-4-5-19;/h1-3,6-7,11,17,19,24,31,33H,4-5,8-10,12-16,18H2;1H/t24-,26+,27-;/m1./s1. The van der Waals surface area contributed by atoms with Gasteiger partial charge in [-0.3, -0.25) is 14.7 Å². The molecule has 4 aliphatic rings. The molecule has 1 aromatic carbocycles. The number of aromatic hydroxyl groups is 1. The number of phenolic OH excluding ortho intramolecular Hbond substituents is 1. The quantitative estimate of drug-likeness (QED) is 0.698. The molecule has 2 aliphatic heterocycles. The van der Waals surface area contributed by atoms with Gasteiger partial charge >= 0.3 is 0 Å². The van der Waals surface area contributed by atoms with Gasteiger partial charge in [0, 0.05) is 43.0 Å². The number of benzene rings is 1. The fraction of sp³-hybridized carbons (Fsp3) is 0.556. The summed E-state index contributed by atoms with van der Waals surface area (Å²) in [6.07, 6.45) is 7.58. The Morgan fingerprint density at radius 2 is 1.88 bits per heavy atom. The molecule has 2 aromatic rings. The van der Waals surface area contributed by atoms with E-state index in [-0.39, 0.29) is 30.1 Å². The van der Waals surface area contributed by atoms with Gasteiger partial charge in [0.25, 0.3) is 0 Å². The lowest BCUT2D eigenvalue weighted by Crippen LogP contribution is -2.71. The monoisotopic (exact) mass is 483 g/mol. The van der Waals surface area contributed by atoms with E-state index in [1.54, 1.807) is 12.3 Å². The highest BCUT2D eigenvalue weighted by Gasteiger charge is 2.63. The average Bonchev–Trinajstić information content (AvgIpc) is 3.63. The molecule has 2 saturated heterocycles. The van der Waals surface area contributed by atoms with Gasteiger partial charge in [0.1, 0.15) is 5.75 Å². The van der Waals surface area contributed by atoms with Crippen LogP contribution in [0.2, 0.25) is 0 Å². The zero-order valence-corrected chi connectivity index (χ0v) is 20.3. The van der Waals surface area contributed by atoms with E-state index in [1.165, 1.54) is 18.4 Å². The van der Waals surface area contributed by atoms with Crippen LogP contribution in [0.3, 0.4) is 0 Å². The van der Waals surface area contributed by atoms with Crippen molar-refractivity contribution in [1.29, 1.82) is 0 Å². The maximum atomic E-state index is 13.2. The Hall–Kier alpha value is -2.15. The van der Waals surface area contributed by atoms with Crippen LogP contribution in [-0.2, 0) is 23.1 Å². The van der Waals surface area contributed by atoms with E-state index in [4.69, 9.17) is 0 Å². The van der Waals surface area contributed by atoms with Crippen molar-refractivity contribution in [1.82, 2.24) is 14.8 Å². The number of aromatic nitrogens is 1. The number of hydrogen-bond acceptors (Lipinski definition) is 5. The number of piperidine rings is 1. The first kappa shape index (κ1) is 23.6. The first-order valence-corrected chi connectivity index (χ1v) is 12.4. The van der Waals surface area contributed by atoms with Crippen molar-refractivity contribution in [2.75, 3.05) is 26.2 Å². The SMILES string of the molecule is Cl.O=C(Cc1ccccn1)N1CC[C@]23CCN(CC4CC4)[C@H](Cc4ccc(O)cc42)[C@]3(O)CC1. The first-order valence-electron chi connectivity index (χ1n) is 12.4. The van der Waals surface area contributed by atoms with Gasteiger partial charge in [-0.25, -0.2) is 0 Å². The summed E-state index contributed by atoms with van der Waals surface area (Å²) in [5.41, 5.74) is 1.80. The second-order valence-electron chi connectivity index (χ2n) is 10.6. The lowest BCUT2D eigenvalue weighted by Gasteiger charge is -2.61. The van der Waals surface area contributed by atoms with Gasteiger partial charge in [-0.15, -0.1) is 12.4 Å². The number of aliphatic hydroxyl groups is 1. The average molecular weight is 484 g/mol. The number of hydrogen-bond donors (Lipinski definition) is 2. The Morgan fingerprint density at radius 3 is 2.65 bits per heavy atom. The van der Waals surface area contributed by atoms with Crippen LogP contribution < -0.4 is 0 Å². The Bertz CT molecular complexity index is 1060. The number of phenols is 1. The first-order chi connectivity index (χ1) is 16.0. The van der Waals surface area contributed by atoms with Crippen LogP contribution in [0.15, 0.2) is 42.6 Å². The molecule has 2 aliphatic carbocycles. The van der Waals surface area contributed by atoms with Crippen molar-refractivity contribution in [3.8, 4) is 5.75 Å². The van der Waals surface area contributed by atoms with Crippen molar-refractivity contribution in [3.63, 3.8) is 0 Å². The molecule has 6 nitrogen and oxygen atoms in total. The van der Waals surface area contributed by atoms with Gasteiger partial charge < -0.3 is 15.1 Å². The predicted octanol–water partition coefficient (Wildman–Crippen LogP) is 3.08. The third kappa shape index (κ3) is 3.80. The molecule has 7 heteroatoms. The van der Waals surface area contributed by atoms with Crippen LogP contribution in [0, 0.1) is 5.92 Å². The molecule has 6 rings (SSSR count). The van der Waals surface area contributed by atoms with Crippen molar-refractivity contribution in [2.24, 2.45) is 5.92 Å². The molecule has 3 atom stereocenters. The number of rotatable bonds is 4. The van der Waals surface area contributed by atoms with E-state index in [9.17, 15) is 15.0 Å². The Morgan fingerprint density at radius 1 is 1.09 bits per heavy atom. The van der Waals surface area contributed by atoms with E-state index in [0.717, 1.165) is 49.5 Å². The van der Waals surface area contributed by atoms with Gasteiger partial charge in [-0.1, -0.05) is 12.1 Å². The van der Waals surface area contributed by atoms with E-state index < -0.39 is 11.0 Å². The summed E-state index contributed by atoms with van der Waals surface area (Å²) in [5, 5.41) is 22.8. The predicted molar refractivity (Wildman–Crippen MR) is 132 cm³/mol. The van der Waals surface area contributed by atoms with Gasteiger partial charge in [-0.2, -0.15) is 0 Å². The fourth-order valence-corrected chi connectivity index (χ4v) is 6.88. The molecule has 1 aromatic heterocycles. The number of carbonyl (C=O) groups excluding carboxylic acids is 1. The molecule has 3 heterocycles. The molecule has 0 radical (unpaired) electrons. The molecular formula is C27H34ClN3O3. The number of nitrogens with zero attached hydrogens (tertiary/aromatic N) is 3.